The fourth-order valence-corrected chi connectivity index (χ4v) is 2.03. The van der Waals surface area contributed by atoms with Gasteiger partial charge in [0.2, 0.25) is 0 Å². The summed E-state index contributed by atoms with van der Waals surface area (Å²) in [5, 5.41) is 3.47. The zero-order valence-corrected chi connectivity index (χ0v) is 11.1. The molecule has 0 amide bonds. The molecule has 2 aromatic rings. The largest absolute Gasteiger partial charge is 0.417 e. The van der Waals surface area contributed by atoms with E-state index in [1.54, 1.807) is 0 Å². The molecule has 1 atom stereocenters. The lowest BCUT2D eigenvalue weighted by Gasteiger charge is -2.15. The van der Waals surface area contributed by atoms with E-state index in [-0.39, 0.29) is 5.76 Å². The molecule has 1 heterocycles. The van der Waals surface area contributed by atoms with Crippen LogP contribution in [0.3, 0.4) is 0 Å². The van der Waals surface area contributed by atoms with Gasteiger partial charge in [0.15, 0.2) is 5.58 Å². The predicted molar refractivity (Wildman–Crippen MR) is 72.8 cm³/mol. The molecule has 0 saturated heterocycles. The lowest BCUT2D eigenvalue weighted by molar-refractivity contribution is 0.479. The molecule has 0 spiro atoms. The number of nitrogens with one attached hydrogen (secondary N) is 2. The molecule has 0 aliphatic carbocycles. The zero-order valence-electron chi connectivity index (χ0n) is 11.1. The van der Waals surface area contributed by atoms with Gasteiger partial charge >= 0.3 is 5.76 Å². The van der Waals surface area contributed by atoms with E-state index in [1.807, 2.05) is 18.2 Å². The van der Waals surface area contributed by atoms with E-state index < -0.39 is 0 Å². The molecular weight excluding hydrogens is 228 g/mol. The number of H-pyrrole nitrogens is 1. The third-order valence-corrected chi connectivity index (χ3v) is 2.93. The standard InChI is InChI=1S/C14H20N2O2/c1-9(2)8-15-10(3)7-11-5-4-6-12-13(11)18-14(17)16-12/h4-6,9-10,15H,7-8H2,1-3H3,(H,16,17)/t10-/m1/s1. The minimum atomic E-state index is -0.389. The normalized spacial score (nSPS) is 13.3. The third-order valence-electron chi connectivity index (χ3n) is 2.93. The van der Waals surface area contributed by atoms with Gasteiger partial charge in [-0.25, -0.2) is 4.79 Å². The first-order valence-electron chi connectivity index (χ1n) is 6.40. The van der Waals surface area contributed by atoms with Crippen molar-refractivity contribution in [3.63, 3.8) is 0 Å². The molecule has 1 aromatic carbocycles. The highest BCUT2D eigenvalue weighted by Gasteiger charge is 2.10. The van der Waals surface area contributed by atoms with Crippen molar-refractivity contribution in [3.8, 4) is 0 Å². The smallest absolute Gasteiger partial charge is 0.408 e. The molecule has 0 aliphatic rings. The van der Waals surface area contributed by atoms with Gasteiger partial charge in [-0.1, -0.05) is 26.0 Å². The lowest BCUT2D eigenvalue weighted by Crippen LogP contribution is -2.31. The SMILES string of the molecule is CC(C)CN[C@H](C)Cc1cccc2[nH]c(=O)oc12. The van der Waals surface area contributed by atoms with Crippen molar-refractivity contribution in [1.29, 1.82) is 0 Å². The number of rotatable bonds is 5. The molecule has 0 unspecified atom stereocenters. The van der Waals surface area contributed by atoms with Crippen LogP contribution in [0.2, 0.25) is 0 Å². The quantitative estimate of drug-likeness (QED) is 0.853. The molecule has 4 heteroatoms. The van der Waals surface area contributed by atoms with E-state index in [1.165, 1.54) is 0 Å². The fraction of sp³-hybridized carbons (Fsp3) is 0.500. The summed E-state index contributed by atoms with van der Waals surface area (Å²) in [5.41, 5.74) is 2.52. The number of benzene rings is 1. The van der Waals surface area contributed by atoms with Crippen LogP contribution in [0.4, 0.5) is 0 Å². The Bertz CT molecular complexity index is 568. The summed E-state index contributed by atoms with van der Waals surface area (Å²) in [6, 6.07) is 6.17. The first-order valence-corrected chi connectivity index (χ1v) is 6.40. The van der Waals surface area contributed by atoms with Crippen molar-refractivity contribution in [2.24, 2.45) is 5.92 Å². The van der Waals surface area contributed by atoms with Gasteiger partial charge in [0.1, 0.15) is 0 Å². The number of aromatic nitrogens is 1. The molecular formula is C14H20N2O2. The highest BCUT2D eigenvalue weighted by molar-refractivity contribution is 5.75. The molecule has 0 saturated carbocycles. The van der Waals surface area contributed by atoms with Crippen LogP contribution in [0.25, 0.3) is 11.1 Å². The van der Waals surface area contributed by atoms with Crippen LogP contribution in [-0.4, -0.2) is 17.6 Å². The van der Waals surface area contributed by atoms with E-state index in [2.05, 4.69) is 31.1 Å². The van der Waals surface area contributed by atoms with Crippen molar-refractivity contribution in [2.45, 2.75) is 33.2 Å². The number of para-hydroxylation sites is 1. The van der Waals surface area contributed by atoms with Crippen molar-refractivity contribution in [1.82, 2.24) is 10.3 Å². The van der Waals surface area contributed by atoms with Crippen LogP contribution in [-0.2, 0) is 6.42 Å². The summed E-state index contributed by atoms with van der Waals surface area (Å²) < 4.78 is 5.19. The maximum Gasteiger partial charge on any atom is 0.417 e. The Labute approximate surface area is 106 Å². The Balaban J connectivity index is 2.13. The first kappa shape index (κ1) is 12.9. The second-order valence-electron chi connectivity index (χ2n) is 5.22. The molecule has 2 N–H and O–H groups in total. The maximum atomic E-state index is 11.2. The Morgan fingerprint density at radius 3 is 2.83 bits per heavy atom. The minimum Gasteiger partial charge on any atom is -0.408 e. The van der Waals surface area contributed by atoms with Crippen molar-refractivity contribution >= 4 is 11.1 Å². The number of fused-ring (bicyclic) bond motifs is 1. The Hall–Kier alpha value is -1.55. The highest BCUT2D eigenvalue weighted by atomic mass is 16.4. The minimum absolute atomic E-state index is 0.359. The second kappa shape index (κ2) is 5.40. The van der Waals surface area contributed by atoms with Gasteiger partial charge in [0.05, 0.1) is 5.52 Å². The van der Waals surface area contributed by atoms with Crippen LogP contribution >= 0.6 is 0 Å². The maximum absolute atomic E-state index is 11.2. The Morgan fingerprint density at radius 1 is 1.33 bits per heavy atom. The van der Waals surface area contributed by atoms with Gasteiger partial charge < -0.3 is 9.73 Å². The molecule has 18 heavy (non-hydrogen) atoms. The first-order chi connectivity index (χ1) is 8.56. The zero-order chi connectivity index (χ0) is 13.1. The summed E-state index contributed by atoms with van der Waals surface area (Å²) in [5.74, 6) is 0.244. The van der Waals surface area contributed by atoms with Crippen LogP contribution in [0.1, 0.15) is 26.3 Å². The van der Waals surface area contributed by atoms with Crippen LogP contribution in [0.5, 0.6) is 0 Å². The monoisotopic (exact) mass is 248 g/mol. The van der Waals surface area contributed by atoms with E-state index >= 15 is 0 Å². The number of oxazole rings is 1. The lowest BCUT2D eigenvalue weighted by atomic mass is 10.1. The fourth-order valence-electron chi connectivity index (χ4n) is 2.03. The molecule has 98 valence electrons. The molecule has 0 radical (unpaired) electrons. The Kier molecular flexibility index (Phi) is 3.87. The van der Waals surface area contributed by atoms with Gasteiger partial charge in [-0.2, -0.15) is 0 Å². The van der Waals surface area contributed by atoms with Gasteiger partial charge in [-0.15, -0.1) is 0 Å². The van der Waals surface area contributed by atoms with Gasteiger partial charge in [-0.05, 0) is 37.4 Å². The molecule has 4 nitrogen and oxygen atoms in total. The molecule has 2 rings (SSSR count). The van der Waals surface area contributed by atoms with Crippen LogP contribution in [0.15, 0.2) is 27.4 Å². The average molecular weight is 248 g/mol. The molecule has 0 bridgehead atoms. The number of aromatic amines is 1. The van der Waals surface area contributed by atoms with E-state index in [0.717, 1.165) is 24.0 Å². The van der Waals surface area contributed by atoms with Crippen LogP contribution in [0, 0.1) is 5.92 Å². The Morgan fingerprint density at radius 2 is 2.11 bits per heavy atom. The second-order valence-corrected chi connectivity index (χ2v) is 5.22. The number of hydrogen-bond donors (Lipinski definition) is 2. The van der Waals surface area contributed by atoms with E-state index in [0.29, 0.717) is 17.5 Å². The molecule has 0 aliphatic heterocycles. The third kappa shape index (κ3) is 3.01. The van der Waals surface area contributed by atoms with Crippen molar-refractivity contribution in [2.75, 3.05) is 6.54 Å². The van der Waals surface area contributed by atoms with Crippen LogP contribution < -0.4 is 11.1 Å². The van der Waals surface area contributed by atoms with Gasteiger partial charge in [0, 0.05) is 6.04 Å². The summed E-state index contributed by atoms with van der Waals surface area (Å²) in [4.78, 5) is 13.9. The van der Waals surface area contributed by atoms with Gasteiger partial charge in [0.25, 0.3) is 0 Å². The number of hydrogen-bond acceptors (Lipinski definition) is 3. The summed E-state index contributed by atoms with van der Waals surface area (Å²) in [6.07, 6.45) is 0.852. The molecule has 0 fully saturated rings. The van der Waals surface area contributed by atoms with Crippen molar-refractivity contribution < 1.29 is 4.42 Å². The summed E-state index contributed by atoms with van der Waals surface area (Å²) >= 11 is 0. The molecule has 1 aromatic heterocycles. The van der Waals surface area contributed by atoms with E-state index in [4.69, 9.17) is 4.42 Å². The average Bonchev–Trinajstić information content (AvgIpc) is 2.68. The van der Waals surface area contributed by atoms with Crippen molar-refractivity contribution in [3.05, 3.63) is 34.3 Å². The van der Waals surface area contributed by atoms with E-state index in [9.17, 15) is 4.79 Å². The summed E-state index contributed by atoms with van der Waals surface area (Å²) in [6.45, 7) is 7.51. The highest BCUT2D eigenvalue weighted by Crippen LogP contribution is 2.17. The van der Waals surface area contributed by atoms with Gasteiger partial charge in [-0.3, -0.25) is 4.98 Å². The predicted octanol–water partition coefficient (Wildman–Crippen LogP) is 2.30. The topological polar surface area (TPSA) is 58.0 Å². The summed E-state index contributed by atoms with van der Waals surface area (Å²) in [7, 11) is 0.